The monoisotopic (exact) mass is 546 g/mol. The summed E-state index contributed by atoms with van der Waals surface area (Å²) in [6, 6.07) is 17.9. The third-order valence-electron chi connectivity index (χ3n) is 6.61. The van der Waals surface area contributed by atoms with E-state index in [2.05, 4.69) is 37.3 Å². The molecule has 0 unspecified atom stereocenters. The lowest BCUT2D eigenvalue weighted by Gasteiger charge is -2.14. The Bertz CT molecular complexity index is 2020. The van der Waals surface area contributed by atoms with Gasteiger partial charge in [0.25, 0.3) is 0 Å². The van der Waals surface area contributed by atoms with E-state index in [1.165, 1.54) is 4.57 Å². The minimum Gasteiger partial charge on any atom is -0.454 e. The van der Waals surface area contributed by atoms with Crippen LogP contribution in [0.2, 0.25) is 0 Å². The minimum absolute atomic E-state index is 0.292. The summed E-state index contributed by atoms with van der Waals surface area (Å²) in [6.45, 7) is 7.85. The molecule has 0 aliphatic rings. The number of carbonyl (C=O) groups excluding carboxylic acids is 1. The van der Waals surface area contributed by atoms with Crippen LogP contribution in [0.15, 0.2) is 84.4 Å². The Morgan fingerprint density at radius 3 is 2.59 bits per heavy atom. The van der Waals surface area contributed by atoms with Crippen molar-refractivity contribution in [2.45, 2.75) is 13.8 Å². The van der Waals surface area contributed by atoms with E-state index in [-0.39, 0.29) is 5.69 Å². The molecule has 0 aliphatic heterocycles. The highest BCUT2D eigenvalue weighted by Crippen LogP contribution is 2.35. The van der Waals surface area contributed by atoms with Gasteiger partial charge >= 0.3 is 11.7 Å². The molecule has 0 radical (unpaired) electrons. The van der Waals surface area contributed by atoms with Gasteiger partial charge in [0.2, 0.25) is 0 Å². The first-order chi connectivity index (χ1) is 19.8. The second-order valence-corrected chi connectivity index (χ2v) is 9.63. The molecule has 0 saturated carbocycles. The lowest BCUT2D eigenvalue weighted by Crippen LogP contribution is -2.21. The van der Waals surface area contributed by atoms with E-state index in [1.54, 1.807) is 54.5 Å². The van der Waals surface area contributed by atoms with E-state index in [1.807, 2.05) is 44.2 Å². The number of ether oxygens (including phenoxy) is 1. The summed E-state index contributed by atoms with van der Waals surface area (Å²) in [7, 11) is 1.63. The second-order valence-electron chi connectivity index (χ2n) is 9.63. The molecule has 11 heteroatoms. The second kappa shape index (κ2) is 10.1. The Hall–Kier alpha value is -5.71. The molecule has 41 heavy (non-hydrogen) atoms. The third-order valence-corrected chi connectivity index (χ3v) is 6.61. The maximum Gasteiger partial charge on any atom is 0.327 e. The van der Waals surface area contributed by atoms with Crippen LogP contribution >= 0.6 is 0 Å². The normalized spacial score (nSPS) is 11.1. The van der Waals surface area contributed by atoms with Gasteiger partial charge in [-0.3, -0.25) is 14.9 Å². The molecule has 11 nitrogen and oxygen atoms in total. The van der Waals surface area contributed by atoms with E-state index >= 15 is 0 Å². The topological polar surface area (TPSA) is 132 Å². The molecule has 2 aromatic carbocycles. The number of imidazole rings is 1. The highest BCUT2D eigenvalue weighted by Gasteiger charge is 2.17. The fourth-order valence-corrected chi connectivity index (χ4v) is 4.46. The largest absolute Gasteiger partial charge is 0.454 e. The Morgan fingerprint density at radius 2 is 1.80 bits per heavy atom. The summed E-state index contributed by atoms with van der Waals surface area (Å²) in [5.41, 5.74) is 5.04. The predicted molar refractivity (Wildman–Crippen MR) is 159 cm³/mol. The van der Waals surface area contributed by atoms with Crippen LogP contribution in [0.4, 0.5) is 16.3 Å². The highest BCUT2D eigenvalue weighted by atomic mass is 16.5. The molecule has 204 valence electrons. The molecule has 2 amide bonds. The number of nitrogens with one attached hydrogen (secondary N) is 3. The van der Waals surface area contributed by atoms with Crippen molar-refractivity contribution in [2.75, 3.05) is 10.6 Å². The van der Waals surface area contributed by atoms with E-state index in [9.17, 15) is 9.59 Å². The zero-order chi connectivity index (χ0) is 28.7. The van der Waals surface area contributed by atoms with Gasteiger partial charge in [-0.25, -0.2) is 19.3 Å². The van der Waals surface area contributed by atoms with Gasteiger partial charge in [-0.15, -0.1) is 0 Å². The number of carbonyl (C=O) groups is 1. The number of rotatable bonds is 6. The van der Waals surface area contributed by atoms with Crippen LogP contribution < -0.4 is 21.1 Å². The van der Waals surface area contributed by atoms with Crippen LogP contribution in [-0.4, -0.2) is 35.3 Å². The number of aromatic nitrogens is 6. The average molecular weight is 547 g/mol. The van der Waals surface area contributed by atoms with Crippen LogP contribution in [0.5, 0.6) is 11.5 Å². The molecular formula is C30H26N8O3. The number of hydrogen-bond donors (Lipinski definition) is 3. The van der Waals surface area contributed by atoms with Crippen molar-refractivity contribution in [2.24, 2.45) is 7.05 Å². The Balaban J connectivity index is 1.30. The number of aryl methyl sites for hydroxylation is 2. The van der Waals surface area contributed by atoms with Gasteiger partial charge in [0.1, 0.15) is 17.1 Å². The molecule has 4 heterocycles. The standard InChI is InChI=1S/C30H26N8O3/c1-17(2)22-16-25(38(36-22)19-9-7-18(3)8-10-19)34-29(39)33-21-11-12-23(20-6-5-14-31-26(20)21)41-24-13-15-32-28-27(24)35-30(40)37(28)4/h5-16H,1H2,2-4H3,(H,35,40)(H2,33,34,39). The first-order valence-electron chi connectivity index (χ1n) is 12.8. The SMILES string of the molecule is C=C(C)c1cc(NC(=O)Nc2ccc(Oc3ccnc4c3[nH]c(=O)n4C)c3cccnc23)n(-c2ccc(C)cc2)n1. The lowest BCUT2D eigenvalue weighted by atomic mass is 10.1. The van der Waals surface area contributed by atoms with Gasteiger partial charge in [0, 0.05) is 37.0 Å². The summed E-state index contributed by atoms with van der Waals surface area (Å²) in [4.78, 5) is 36.9. The van der Waals surface area contributed by atoms with Crippen molar-refractivity contribution in [3.05, 3.63) is 101 Å². The van der Waals surface area contributed by atoms with Crippen molar-refractivity contribution in [3.8, 4) is 17.2 Å². The molecule has 4 aromatic heterocycles. The van der Waals surface area contributed by atoms with Crippen molar-refractivity contribution in [1.29, 1.82) is 0 Å². The maximum absolute atomic E-state index is 13.2. The van der Waals surface area contributed by atoms with Crippen LogP contribution in [-0.2, 0) is 7.05 Å². The van der Waals surface area contributed by atoms with Gasteiger partial charge in [-0.1, -0.05) is 24.3 Å². The Morgan fingerprint density at radius 1 is 1.00 bits per heavy atom. The number of fused-ring (bicyclic) bond motifs is 2. The maximum atomic E-state index is 13.2. The molecule has 0 atom stereocenters. The van der Waals surface area contributed by atoms with Gasteiger partial charge < -0.3 is 15.0 Å². The fourth-order valence-electron chi connectivity index (χ4n) is 4.46. The summed E-state index contributed by atoms with van der Waals surface area (Å²) in [5.74, 6) is 1.42. The van der Waals surface area contributed by atoms with Gasteiger partial charge in [-0.05, 0) is 55.8 Å². The van der Waals surface area contributed by atoms with Gasteiger partial charge in [0.15, 0.2) is 11.4 Å². The number of allylic oxidation sites excluding steroid dienone is 1. The number of nitrogens with zero attached hydrogens (tertiary/aromatic N) is 5. The summed E-state index contributed by atoms with van der Waals surface area (Å²) in [6.07, 6.45) is 3.21. The van der Waals surface area contributed by atoms with E-state index in [4.69, 9.17) is 4.74 Å². The molecule has 0 aliphatic carbocycles. The number of anilines is 2. The van der Waals surface area contributed by atoms with Gasteiger partial charge in [0.05, 0.1) is 22.6 Å². The third kappa shape index (κ3) is 4.80. The lowest BCUT2D eigenvalue weighted by molar-refractivity contribution is 0.262. The smallest absolute Gasteiger partial charge is 0.327 e. The number of H-pyrrole nitrogens is 1. The molecule has 6 aromatic rings. The van der Waals surface area contributed by atoms with Crippen molar-refractivity contribution in [3.63, 3.8) is 0 Å². The molecule has 0 bridgehead atoms. The van der Waals surface area contributed by atoms with Crippen molar-refractivity contribution < 1.29 is 9.53 Å². The molecule has 0 fully saturated rings. The minimum atomic E-state index is -0.468. The molecule has 3 N–H and O–H groups in total. The van der Waals surface area contributed by atoms with E-state index in [0.29, 0.717) is 50.8 Å². The van der Waals surface area contributed by atoms with E-state index < -0.39 is 6.03 Å². The number of aromatic amines is 1. The fraction of sp³-hybridized carbons (Fsp3) is 0.100. The number of benzene rings is 2. The number of urea groups is 1. The number of amides is 2. The number of hydrogen-bond acceptors (Lipinski definition) is 6. The highest BCUT2D eigenvalue weighted by molar-refractivity contribution is 6.06. The quantitative estimate of drug-likeness (QED) is 0.243. The zero-order valence-electron chi connectivity index (χ0n) is 22.6. The summed E-state index contributed by atoms with van der Waals surface area (Å²) < 4.78 is 9.30. The van der Waals surface area contributed by atoms with E-state index in [0.717, 1.165) is 16.8 Å². The zero-order valence-corrected chi connectivity index (χ0v) is 22.6. The first-order valence-corrected chi connectivity index (χ1v) is 12.8. The van der Waals surface area contributed by atoms with Crippen LogP contribution in [0.1, 0.15) is 18.2 Å². The molecule has 0 spiro atoms. The molecular weight excluding hydrogens is 520 g/mol. The van der Waals surface area contributed by atoms with Crippen LogP contribution in [0, 0.1) is 6.92 Å². The van der Waals surface area contributed by atoms with Crippen LogP contribution in [0.3, 0.4) is 0 Å². The number of pyridine rings is 2. The predicted octanol–water partition coefficient (Wildman–Crippen LogP) is 5.77. The van der Waals surface area contributed by atoms with Gasteiger partial charge in [-0.2, -0.15) is 5.10 Å². The average Bonchev–Trinajstić information content (AvgIpc) is 3.51. The molecule has 6 rings (SSSR count). The summed E-state index contributed by atoms with van der Waals surface area (Å²) >= 11 is 0. The first kappa shape index (κ1) is 25.6. The molecule has 0 saturated heterocycles. The summed E-state index contributed by atoms with van der Waals surface area (Å²) in [5, 5.41) is 11.1. The Kier molecular flexibility index (Phi) is 6.31. The van der Waals surface area contributed by atoms with Crippen molar-refractivity contribution in [1.82, 2.24) is 29.3 Å². The van der Waals surface area contributed by atoms with Crippen LogP contribution in [0.25, 0.3) is 33.3 Å². The Labute approximate surface area is 234 Å². The van der Waals surface area contributed by atoms with Crippen molar-refractivity contribution >= 4 is 45.2 Å².